The predicted molar refractivity (Wildman–Crippen MR) is 120 cm³/mol. The number of benzene rings is 1. The number of rotatable bonds is 8. The molecule has 1 aromatic carbocycles. The Balaban J connectivity index is 1.57. The maximum atomic E-state index is 12.0. The molecule has 0 radical (unpaired) electrons. The number of carboxylic acid groups (broad SMARTS) is 1. The summed E-state index contributed by atoms with van der Waals surface area (Å²) in [6, 6.07) is 6.08. The number of carboxylic acids is 1. The van der Waals surface area contributed by atoms with Crippen LogP contribution in [0.3, 0.4) is 0 Å². The second kappa shape index (κ2) is 11.6. The van der Waals surface area contributed by atoms with Crippen molar-refractivity contribution >= 4 is 18.0 Å². The van der Waals surface area contributed by atoms with Gasteiger partial charge in [-0.2, -0.15) is 0 Å². The van der Waals surface area contributed by atoms with Crippen LogP contribution in [0.4, 0.5) is 0 Å². The Morgan fingerprint density at radius 2 is 1.77 bits per heavy atom. The third-order valence-corrected chi connectivity index (χ3v) is 5.71. The molecule has 11 heteroatoms. The van der Waals surface area contributed by atoms with Gasteiger partial charge in [0.2, 0.25) is 0 Å². The van der Waals surface area contributed by atoms with Crippen LogP contribution < -0.4 is 0 Å². The molecule has 1 unspecified atom stereocenters. The molecule has 1 aliphatic carbocycles. The molecule has 1 aromatic rings. The van der Waals surface area contributed by atoms with Gasteiger partial charge in [-0.25, -0.2) is 9.59 Å². The molecule has 0 saturated carbocycles. The highest BCUT2D eigenvalue weighted by Gasteiger charge is 2.44. The van der Waals surface area contributed by atoms with Crippen molar-refractivity contribution < 1.29 is 54.4 Å². The van der Waals surface area contributed by atoms with Crippen LogP contribution in [0.25, 0.3) is 6.08 Å². The van der Waals surface area contributed by atoms with Crippen molar-refractivity contribution in [1.29, 1.82) is 0 Å². The highest BCUT2D eigenvalue weighted by Crippen LogP contribution is 2.32. The molecule has 6 N–H and O–H groups in total. The number of ether oxygens (including phenoxy) is 3. The number of hydrogen-bond acceptors (Lipinski definition) is 10. The molecular weight excluding hydrogens is 464 g/mol. The van der Waals surface area contributed by atoms with Crippen LogP contribution in [-0.4, -0.2) is 92.6 Å². The predicted octanol–water partition coefficient (Wildman–Crippen LogP) is -0.135. The lowest BCUT2D eigenvalue weighted by Crippen LogP contribution is -2.59. The van der Waals surface area contributed by atoms with Gasteiger partial charge >= 0.3 is 11.9 Å². The molecule has 35 heavy (non-hydrogen) atoms. The summed E-state index contributed by atoms with van der Waals surface area (Å²) in [5.74, 6) is -1.86. The van der Waals surface area contributed by atoms with E-state index in [1.807, 2.05) is 0 Å². The fourth-order valence-electron chi connectivity index (χ4n) is 3.85. The number of carbonyl (C=O) groups excluding carboxylic acids is 1. The number of aliphatic carboxylic acids is 1. The van der Waals surface area contributed by atoms with Gasteiger partial charge in [-0.3, -0.25) is 0 Å². The van der Waals surface area contributed by atoms with Gasteiger partial charge in [-0.15, -0.1) is 0 Å². The lowest BCUT2D eigenvalue weighted by atomic mass is 9.99. The Labute approximate surface area is 200 Å². The van der Waals surface area contributed by atoms with E-state index in [0.29, 0.717) is 11.1 Å². The Hall–Kier alpha value is -3.06. The van der Waals surface area contributed by atoms with Crippen LogP contribution in [-0.2, 0) is 23.8 Å². The largest absolute Gasteiger partial charge is 0.508 e. The van der Waals surface area contributed by atoms with E-state index in [1.165, 1.54) is 24.3 Å². The molecule has 0 spiro atoms. The van der Waals surface area contributed by atoms with Gasteiger partial charge in [-0.1, -0.05) is 23.8 Å². The molecule has 1 saturated heterocycles. The van der Waals surface area contributed by atoms with E-state index in [9.17, 15) is 40.2 Å². The van der Waals surface area contributed by atoms with Gasteiger partial charge in [0.05, 0.1) is 18.3 Å². The van der Waals surface area contributed by atoms with Crippen LogP contribution in [0.15, 0.2) is 53.1 Å². The Morgan fingerprint density at radius 1 is 1.09 bits per heavy atom. The van der Waals surface area contributed by atoms with E-state index in [4.69, 9.17) is 14.2 Å². The maximum absolute atomic E-state index is 12.0. The van der Waals surface area contributed by atoms with Gasteiger partial charge in [-0.05, 0) is 42.7 Å². The SMILES string of the molecule is CC1=C(C(=O)O)/C(=C\CO[C@@H]2O[C@H](COC(=O)/C=C/c3ccc(O)cc3)[C@@H](O)[C@H](O)[C@H]2O)C(O)C1. The average Bonchev–Trinajstić information content (AvgIpc) is 3.10. The number of aliphatic hydroxyl groups is 4. The second-order valence-electron chi connectivity index (χ2n) is 8.24. The zero-order valence-corrected chi connectivity index (χ0v) is 18.9. The zero-order valence-electron chi connectivity index (χ0n) is 18.9. The summed E-state index contributed by atoms with van der Waals surface area (Å²) in [4.78, 5) is 23.4. The van der Waals surface area contributed by atoms with Crippen molar-refractivity contribution in [1.82, 2.24) is 0 Å². The molecule has 11 nitrogen and oxygen atoms in total. The van der Waals surface area contributed by atoms with E-state index in [1.54, 1.807) is 19.1 Å². The molecule has 1 fully saturated rings. The topological polar surface area (TPSA) is 183 Å². The quantitative estimate of drug-likeness (QED) is 0.210. The Morgan fingerprint density at radius 3 is 2.43 bits per heavy atom. The molecule has 0 bridgehead atoms. The average molecular weight is 492 g/mol. The lowest BCUT2D eigenvalue weighted by molar-refractivity contribution is -0.299. The van der Waals surface area contributed by atoms with Crippen molar-refractivity contribution in [3.8, 4) is 5.75 Å². The fourth-order valence-corrected chi connectivity index (χ4v) is 3.85. The van der Waals surface area contributed by atoms with Gasteiger partial charge in [0.15, 0.2) is 6.29 Å². The van der Waals surface area contributed by atoms with Crippen molar-refractivity contribution in [2.75, 3.05) is 13.2 Å². The Kier molecular flexibility index (Phi) is 8.78. The second-order valence-corrected chi connectivity index (χ2v) is 8.24. The monoisotopic (exact) mass is 492 g/mol. The van der Waals surface area contributed by atoms with E-state index in [-0.39, 0.29) is 29.9 Å². The van der Waals surface area contributed by atoms with E-state index < -0.39 is 55.4 Å². The summed E-state index contributed by atoms with van der Waals surface area (Å²) in [5, 5.41) is 59.2. The number of hydrogen-bond donors (Lipinski definition) is 6. The normalized spacial score (nSPS) is 30.3. The number of esters is 1. The number of aromatic hydroxyl groups is 1. The van der Waals surface area contributed by atoms with Crippen molar-refractivity contribution in [2.45, 2.75) is 50.2 Å². The van der Waals surface area contributed by atoms with Crippen molar-refractivity contribution in [3.63, 3.8) is 0 Å². The van der Waals surface area contributed by atoms with Crippen molar-refractivity contribution in [3.05, 3.63) is 58.7 Å². The van der Waals surface area contributed by atoms with Crippen LogP contribution in [0.2, 0.25) is 0 Å². The van der Waals surface area contributed by atoms with Crippen LogP contribution >= 0.6 is 0 Å². The molecule has 0 aromatic heterocycles. The minimum Gasteiger partial charge on any atom is -0.508 e. The number of phenols is 1. The molecule has 1 heterocycles. The minimum absolute atomic E-state index is 0.00758. The summed E-state index contributed by atoms with van der Waals surface area (Å²) in [5.41, 5.74) is 1.32. The van der Waals surface area contributed by atoms with E-state index >= 15 is 0 Å². The standard InChI is InChI=1S/C24H28O11/c1-12-10-16(26)15(19(12)23(31)32)8-9-33-24-22(30)21(29)20(28)17(35-24)11-34-18(27)7-4-13-2-5-14(25)6-3-13/h2-8,16-17,20-22,24-26,28-30H,9-11H2,1H3,(H,31,32)/b7-4+,15-8-/t16?,17-,20-,21+,22-,24-/m1/s1. The van der Waals surface area contributed by atoms with Gasteiger partial charge < -0.3 is 44.8 Å². The van der Waals surface area contributed by atoms with Crippen LogP contribution in [0, 0.1) is 0 Å². The molecule has 1 aliphatic heterocycles. The van der Waals surface area contributed by atoms with Gasteiger partial charge in [0, 0.05) is 6.08 Å². The summed E-state index contributed by atoms with van der Waals surface area (Å²) < 4.78 is 15.9. The summed E-state index contributed by atoms with van der Waals surface area (Å²) in [6.07, 6.45) is -4.39. The summed E-state index contributed by atoms with van der Waals surface area (Å²) in [7, 11) is 0. The first-order chi connectivity index (χ1) is 16.6. The first kappa shape index (κ1) is 26.5. The third-order valence-electron chi connectivity index (χ3n) is 5.71. The number of carbonyl (C=O) groups is 2. The fraction of sp³-hybridized carbons (Fsp3) is 0.417. The molecular formula is C24H28O11. The minimum atomic E-state index is -1.66. The first-order valence-electron chi connectivity index (χ1n) is 10.8. The molecule has 190 valence electrons. The molecule has 0 amide bonds. The zero-order chi connectivity index (χ0) is 25.7. The lowest BCUT2D eigenvalue weighted by Gasteiger charge is -2.39. The van der Waals surface area contributed by atoms with Crippen LogP contribution in [0.5, 0.6) is 5.75 Å². The van der Waals surface area contributed by atoms with Crippen LogP contribution in [0.1, 0.15) is 18.9 Å². The first-order valence-corrected chi connectivity index (χ1v) is 10.8. The van der Waals surface area contributed by atoms with Gasteiger partial charge in [0.1, 0.15) is 36.8 Å². The number of aliphatic hydroxyl groups excluding tert-OH is 4. The molecule has 2 aliphatic rings. The smallest absolute Gasteiger partial charge is 0.335 e. The van der Waals surface area contributed by atoms with E-state index in [2.05, 4.69) is 0 Å². The summed E-state index contributed by atoms with van der Waals surface area (Å²) in [6.45, 7) is 0.892. The maximum Gasteiger partial charge on any atom is 0.335 e. The van der Waals surface area contributed by atoms with E-state index in [0.717, 1.165) is 6.08 Å². The third kappa shape index (κ3) is 6.54. The number of phenolic OH excluding ortho intramolecular Hbond substituents is 1. The summed E-state index contributed by atoms with van der Waals surface area (Å²) >= 11 is 0. The Bertz CT molecular complexity index is 1010. The highest BCUT2D eigenvalue weighted by molar-refractivity contribution is 5.94. The molecule has 3 rings (SSSR count). The van der Waals surface area contributed by atoms with Crippen molar-refractivity contribution in [2.24, 2.45) is 0 Å². The van der Waals surface area contributed by atoms with Gasteiger partial charge in [0.25, 0.3) is 0 Å². The molecule has 6 atom stereocenters. The highest BCUT2D eigenvalue weighted by atomic mass is 16.7.